The van der Waals surface area contributed by atoms with Crippen molar-refractivity contribution in [2.75, 3.05) is 17.2 Å². The Bertz CT molecular complexity index is 876. The van der Waals surface area contributed by atoms with E-state index in [2.05, 4.69) is 29.2 Å². The minimum absolute atomic E-state index is 0.0868. The van der Waals surface area contributed by atoms with E-state index >= 15 is 0 Å². The van der Waals surface area contributed by atoms with E-state index in [1.165, 1.54) is 17.7 Å². The van der Waals surface area contributed by atoms with E-state index < -0.39 is 10.0 Å². The molecule has 0 bridgehead atoms. The van der Waals surface area contributed by atoms with Gasteiger partial charge in [-0.2, -0.15) is 0 Å². The average Bonchev–Trinajstić information content (AvgIpc) is 2.65. The maximum Gasteiger partial charge on any atom is 0.243 e. The normalized spacial score (nSPS) is 12.6. The van der Waals surface area contributed by atoms with Crippen LogP contribution in [0.3, 0.4) is 0 Å². The smallest absolute Gasteiger partial charge is 0.243 e. The van der Waals surface area contributed by atoms with Crippen LogP contribution in [-0.2, 0) is 14.8 Å². The summed E-state index contributed by atoms with van der Waals surface area (Å²) in [7, 11) is -3.52. The van der Waals surface area contributed by atoms with Crippen molar-refractivity contribution in [1.29, 1.82) is 0 Å². The van der Waals surface area contributed by atoms with Crippen LogP contribution in [0.2, 0.25) is 0 Å². The zero-order valence-electron chi connectivity index (χ0n) is 16.8. The lowest BCUT2D eigenvalue weighted by Gasteiger charge is -2.12. The fraction of sp³-hybridized carbons (Fsp3) is 0.381. The molecule has 6 nitrogen and oxygen atoms in total. The predicted molar refractivity (Wildman–Crippen MR) is 114 cm³/mol. The van der Waals surface area contributed by atoms with Crippen LogP contribution in [0.1, 0.15) is 45.6 Å². The third kappa shape index (κ3) is 6.35. The van der Waals surface area contributed by atoms with Gasteiger partial charge in [0.1, 0.15) is 0 Å². The zero-order chi connectivity index (χ0) is 20.7. The Hall–Kier alpha value is -2.38. The standard InChI is InChI=1S/C21H29N3O3S/c1-5-16(4)17-6-8-19(9-7-17)23-21(25)14-22-18-10-12-20(13-11-18)28(26,27)24-15(2)3/h6-13,15-16,22,24H,5,14H2,1-4H3,(H,23,25). The fourth-order valence-corrected chi connectivity index (χ4v) is 3.90. The molecule has 1 unspecified atom stereocenters. The lowest BCUT2D eigenvalue weighted by atomic mass is 9.99. The quantitative estimate of drug-likeness (QED) is 0.592. The topological polar surface area (TPSA) is 87.3 Å². The number of amides is 1. The highest BCUT2D eigenvalue weighted by molar-refractivity contribution is 7.89. The highest BCUT2D eigenvalue weighted by Gasteiger charge is 2.15. The van der Waals surface area contributed by atoms with Crippen molar-refractivity contribution >= 4 is 27.3 Å². The first kappa shape index (κ1) is 21.9. The Morgan fingerprint density at radius 3 is 2.04 bits per heavy atom. The van der Waals surface area contributed by atoms with Crippen LogP contribution >= 0.6 is 0 Å². The first-order valence-corrected chi connectivity index (χ1v) is 11.0. The number of sulfonamides is 1. The van der Waals surface area contributed by atoms with Crippen LogP contribution < -0.4 is 15.4 Å². The van der Waals surface area contributed by atoms with Gasteiger partial charge < -0.3 is 10.6 Å². The molecule has 0 aliphatic rings. The van der Waals surface area contributed by atoms with Crippen LogP contribution in [0.4, 0.5) is 11.4 Å². The van der Waals surface area contributed by atoms with Gasteiger partial charge in [-0.1, -0.05) is 26.0 Å². The van der Waals surface area contributed by atoms with Crippen LogP contribution in [0.15, 0.2) is 53.4 Å². The van der Waals surface area contributed by atoms with Crippen molar-refractivity contribution in [3.63, 3.8) is 0 Å². The number of carbonyl (C=O) groups is 1. The van der Waals surface area contributed by atoms with Gasteiger partial charge in [0, 0.05) is 17.4 Å². The van der Waals surface area contributed by atoms with Crippen LogP contribution in [0, 0.1) is 0 Å². The van der Waals surface area contributed by atoms with E-state index in [1.807, 2.05) is 24.3 Å². The molecule has 3 N–H and O–H groups in total. The zero-order valence-corrected chi connectivity index (χ0v) is 17.6. The molecular weight excluding hydrogens is 374 g/mol. The van der Waals surface area contributed by atoms with Gasteiger partial charge >= 0.3 is 0 Å². The molecule has 0 fully saturated rings. The minimum Gasteiger partial charge on any atom is -0.376 e. The van der Waals surface area contributed by atoms with Crippen molar-refractivity contribution in [1.82, 2.24) is 4.72 Å². The lowest BCUT2D eigenvalue weighted by molar-refractivity contribution is -0.114. The summed E-state index contributed by atoms with van der Waals surface area (Å²) in [5, 5.41) is 5.84. The number of hydrogen-bond acceptors (Lipinski definition) is 4. The SMILES string of the molecule is CCC(C)c1ccc(NC(=O)CNc2ccc(S(=O)(=O)NC(C)C)cc2)cc1. The fourth-order valence-electron chi connectivity index (χ4n) is 2.65. The molecular formula is C21H29N3O3S. The third-order valence-electron chi connectivity index (χ3n) is 4.38. The van der Waals surface area contributed by atoms with Crippen molar-refractivity contribution < 1.29 is 13.2 Å². The summed E-state index contributed by atoms with van der Waals surface area (Å²) in [5.74, 6) is 0.323. The van der Waals surface area contributed by atoms with Gasteiger partial charge in [-0.05, 0) is 68.1 Å². The molecule has 1 atom stereocenters. The largest absolute Gasteiger partial charge is 0.376 e. The Labute approximate surface area is 167 Å². The van der Waals surface area contributed by atoms with Crippen molar-refractivity contribution in [3.05, 3.63) is 54.1 Å². The number of hydrogen-bond donors (Lipinski definition) is 3. The summed E-state index contributed by atoms with van der Waals surface area (Å²) in [6, 6.07) is 14.0. The number of nitrogens with one attached hydrogen (secondary N) is 3. The molecule has 0 aliphatic heterocycles. The summed E-state index contributed by atoms with van der Waals surface area (Å²) < 4.78 is 26.8. The van der Waals surface area contributed by atoms with Gasteiger partial charge in [0.25, 0.3) is 0 Å². The maximum atomic E-state index is 12.1. The van der Waals surface area contributed by atoms with Crippen LogP contribution in [-0.4, -0.2) is 26.9 Å². The van der Waals surface area contributed by atoms with Gasteiger partial charge in [-0.25, -0.2) is 13.1 Å². The minimum atomic E-state index is -3.52. The van der Waals surface area contributed by atoms with E-state index in [4.69, 9.17) is 0 Å². The molecule has 0 saturated carbocycles. The first-order chi connectivity index (χ1) is 13.2. The Balaban J connectivity index is 1.89. The molecule has 0 aromatic heterocycles. The molecule has 1 amide bonds. The van der Waals surface area contributed by atoms with Gasteiger partial charge in [0.05, 0.1) is 11.4 Å². The highest BCUT2D eigenvalue weighted by Crippen LogP contribution is 2.20. The first-order valence-electron chi connectivity index (χ1n) is 9.47. The molecule has 0 spiro atoms. The van der Waals surface area contributed by atoms with E-state index in [0.29, 0.717) is 11.6 Å². The second-order valence-electron chi connectivity index (χ2n) is 7.13. The molecule has 0 saturated heterocycles. The summed E-state index contributed by atoms with van der Waals surface area (Å²) >= 11 is 0. The van der Waals surface area contributed by atoms with E-state index in [9.17, 15) is 13.2 Å². The van der Waals surface area contributed by atoms with E-state index in [-0.39, 0.29) is 23.4 Å². The van der Waals surface area contributed by atoms with Gasteiger partial charge in [-0.15, -0.1) is 0 Å². The number of carbonyl (C=O) groups excluding carboxylic acids is 1. The van der Waals surface area contributed by atoms with Crippen molar-refractivity contribution in [2.45, 2.75) is 51.0 Å². The molecule has 2 aromatic rings. The average molecular weight is 404 g/mol. The molecule has 2 rings (SSSR count). The molecule has 28 heavy (non-hydrogen) atoms. The van der Waals surface area contributed by atoms with Crippen molar-refractivity contribution in [3.8, 4) is 0 Å². The number of anilines is 2. The monoisotopic (exact) mass is 403 g/mol. The number of rotatable bonds is 9. The molecule has 0 radical (unpaired) electrons. The second kappa shape index (κ2) is 9.71. The maximum absolute atomic E-state index is 12.1. The number of benzene rings is 2. The second-order valence-corrected chi connectivity index (χ2v) is 8.85. The van der Waals surface area contributed by atoms with Crippen LogP contribution in [0.25, 0.3) is 0 Å². The van der Waals surface area contributed by atoms with Gasteiger partial charge in [0.15, 0.2) is 0 Å². The van der Waals surface area contributed by atoms with E-state index in [1.54, 1.807) is 26.0 Å². The molecule has 0 aliphatic carbocycles. The summed E-state index contributed by atoms with van der Waals surface area (Å²) in [4.78, 5) is 12.3. The molecule has 0 heterocycles. The molecule has 2 aromatic carbocycles. The predicted octanol–water partition coefficient (Wildman–Crippen LogP) is 3.94. The van der Waals surface area contributed by atoms with E-state index in [0.717, 1.165) is 12.1 Å². The highest BCUT2D eigenvalue weighted by atomic mass is 32.2. The summed E-state index contributed by atoms with van der Waals surface area (Å²) in [5.41, 5.74) is 2.67. The molecule has 7 heteroatoms. The summed E-state index contributed by atoms with van der Waals surface area (Å²) in [6.45, 7) is 7.94. The van der Waals surface area contributed by atoms with Gasteiger partial charge in [-0.3, -0.25) is 4.79 Å². The van der Waals surface area contributed by atoms with Crippen LogP contribution in [0.5, 0.6) is 0 Å². The Morgan fingerprint density at radius 2 is 1.50 bits per heavy atom. The lowest BCUT2D eigenvalue weighted by Crippen LogP contribution is -2.30. The third-order valence-corrected chi connectivity index (χ3v) is 6.06. The summed E-state index contributed by atoms with van der Waals surface area (Å²) in [6.07, 6.45) is 1.07. The Morgan fingerprint density at radius 1 is 0.929 bits per heavy atom. The Kier molecular flexibility index (Phi) is 7.60. The molecule has 152 valence electrons. The van der Waals surface area contributed by atoms with Gasteiger partial charge in [0.2, 0.25) is 15.9 Å². The van der Waals surface area contributed by atoms with Crippen molar-refractivity contribution in [2.24, 2.45) is 0 Å².